The van der Waals surface area contributed by atoms with E-state index in [1.54, 1.807) is 0 Å². The predicted molar refractivity (Wildman–Crippen MR) is 74.3 cm³/mol. The van der Waals surface area contributed by atoms with Crippen molar-refractivity contribution in [2.75, 3.05) is 26.9 Å². The highest BCUT2D eigenvalue weighted by Crippen LogP contribution is 2.15. The van der Waals surface area contributed by atoms with Gasteiger partial charge in [0.2, 0.25) is 5.91 Å². The third-order valence-electron chi connectivity index (χ3n) is 2.55. The van der Waals surface area contributed by atoms with E-state index in [1.807, 2.05) is 26.0 Å². The molecule has 0 radical (unpaired) electrons. The van der Waals surface area contributed by atoms with Crippen LogP contribution in [0, 0.1) is 13.8 Å². The fourth-order valence-corrected chi connectivity index (χ4v) is 1.75. The van der Waals surface area contributed by atoms with E-state index in [-0.39, 0.29) is 12.5 Å². The van der Waals surface area contributed by atoms with Crippen LogP contribution in [0.1, 0.15) is 11.1 Å². The number of rotatable bonds is 7. The Bertz CT molecular complexity index is 401. The van der Waals surface area contributed by atoms with Gasteiger partial charge in [0.1, 0.15) is 18.4 Å². The molecule has 1 unspecified atom stereocenters. The summed E-state index contributed by atoms with van der Waals surface area (Å²) >= 11 is 0. The molecule has 0 saturated heterocycles. The number of aryl methyl sites for hydroxylation is 2. The molecule has 0 aliphatic rings. The fourth-order valence-electron chi connectivity index (χ4n) is 1.75. The molecule has 1 aromatic rings. The first-order valence-corrected chi connectivity index (χ1v) is 6.26. The van der Waals surface area contributed by atoms with Crippen LogP contribution in [0.15, 0.2) is 18.2 Å². The lowest BCUT2D eigenvalue weighted by atomic mass is 10.1. The third kappa shape index (κ3) is 5.72. The first-order valence-electron chi connectivity index (χ1n) is 6.26. The van der Waals surface area contributed by atoms with E-state index in [4.69, 9.17) is 15.2 Å². The third-order valence-corrected chi connectivity index (χ3v) is 2.55. The minimum Gasteiger partial charge on any atom is -0.492 e. The second-order valence-corrected chi connectivity index (χ2v) is 4.52. The van der Waals surface area contributed by atoms with Crippen LogP contribution in [0.3, 0.4) is 0 Å². The van der Waals surface area contributed by atoms with Crippen LogP contribution in [-0.2, 0) is 9.53 Å². The van der Waals surface area contributed by atoms with Crippen molar-refractivity contribution >= 4 is 5.91 Å². The summed E-state index contributed by atoms with van der Waals surface area (Å²) in [6.45, 7) is 5.08. The average molecular weight is 266 g/mol. The quantitative estimate of drug-likeness (QED) is 0.715. The maximum absolute atomic E-state index is 11.5. The number of hydrogen-bond donors (Lipinski definition) is 2. The molecular weight excluding hydrogens is 244 g/mol. The lowest BCUT2D eigenvalue weighted by molar-refractivity contribution is -0.123. The molecule has 5 heteroatoms. The molecule has 0 fully saturated rings. The number of amides is 1. The monoisotopic (exact) mass is 266 g/mol. The summed E-state index contributed by atoms with van der Waals surface area (Å²) in [6.07, 6.45) is 0. The zero-order valence-electron chi connectivity index (χ0n) is 11.7. The Kier molecular flexibility index (Phi) is 6.32. The van der Waals surface area contributed by atoms with E-state index in [0.717, 1.165) is 16.9 Å². The molecule has 3 N–H and O–H groups in total. The number of carbonyl (C=O) groups excluding carboxylic acids is 1. The van der Waals surface area contributed by atoms with Crippen LogP contribution in [0.4, 0.5) is 0 Å². The van der Waals surface area contributed by atoms with E-state index < -0.39 is 6.04 Å². The van der Waals surface area contributed by atoms with Gasteiger partial charge in [-0.15, -0.1) is 0 Å². The molecule has 0 aliphatic carbocycles. The average Bonchev–Trinajstić information content (AvgIpc) is 2.33. The van der Waals surface area contributed by atoms with Gasteiger partial charge in [-0.05, 0) is 37.1 Å². The number of nitrogens with one attached hydrogen (secondary N) is 1. The van der Waals surface area contributed by atoms with Crippen molar-refractivity contribution in [3.8, 4) is 5.75 Å². The highest BCUT2D eigenvalue weighted by molar-refractivity contribution is 5.81. The van der Waals surface area contributed by atoms with Crippen LogP contribution in [0.5, 0.6) is 5.75 Å². The Morgan fingerprint density at radius 2 is 1.95 bits per heavy atom. The molecule has 1 rings (SSSR count). The first-order chi connectivity index (χ1) is 9.02. The molecular formula is C14H22N2O3. The molecule has 0 saturated carbocycles. The smallest absolute Gasteiger partial charge is 0.239 e. The van der Waals surface area contributed by atoms with Gasteiger partial charge in [0.25, 0.3) is 0 Å². The Hall–Kier alpha value is -1.59. The van der Waals surface area contributed by atoms with E-state index in [0.29, 0.717) is 13.2 Å². The van der Waals surface area contributed by atoms with E-state index in [9.17, 15) is 4.79 Å². The summed E-state index contributed by atoms with van der Waals surface area (Å²) in [5.74, 6) is 0.582. The van der Waals surface area contributed by atoms with E-state index in [1.165, 1.54) is 7.11 Å². The van der Waals surface area contributed by atoms with Crippen molar-refractivity contribution in [3.63, 3.8) is 0 Å². The molecule has 0 aliphatic heterocycles. The van der Waals surface area contributed by atoms with Crippen LogP contribution in [0.2, 0.25) is 0 Å². The molecule has 5 nitrogen and oxygen atoms in total. The normalized spacial score (nSPS) is 12.0. The van der Waals surface area contributed by atoms with Crippen LogP contribution < -0.4 is 15.8 Å². The summed E-state index contributed by atoms with van der Waals surface area (Å²) in [6, 6.07) is 5.38. The Balaban J connectivity index is 2.29. The fraction of sp³-hybridized carbons (Fsp3) is 0.500. The van der Waals surface area contributed by atoms with Crippen molar-refractivity contribution in [1.82, 2.24) is 5.32 Å². The van der Waals surface area contributed by atoms with Gasteiger partial charge in [0.15, 0.2) is 0 Å². The highest BCUT2D eigenvalue weighted by atomic mass is 16.5. The van der Waals surface area contributed by atoms with Crippen molar-refractivity contribution in [2.24, 2.45) is 5.73 Å². The van der Waals surface area contributed by atoms with Crippen LogP contribution in [-0.4, -0.2) is 38.8 Å². The molecule has 1 amide bonds. The number of methoxy groups -OCH3 is 1. The largest absolute Gasteiger partial charge is 0.492 e. The van der Waals surface area contributed by atoms with Gasteiger partial charge in [-0.25, -0.2) is 0 Å². The van der Waals surface area contributed by atoms with Gasteiger partial charge >= 0.3 is 0 Å². The predicted octanol–water partition coefficient (Wildman–Crippen LogP) is 0.772. The molecule has 1 atom stereocenters. The topological polar surface area (TPSA) is 73.6 Å². The molecule has 0 aromatic heterocycles. The lowest BCUT2D eigenvalue weighted by Crippen LogP contribution is -2.44. The maximum Gasteiger partial charge on any atom is 0.239 e. The number of nitrogens with two attached hydrogens (primary N) is 1. The first kappa shape index (κ1) is 15.5. The second-order valence-electron chi connectivity index (χ2n) is 4.52. The Morgan fingerprint density at radius 3 is 2.53 bits per heavy atom. The van der Waals surface area contributed by atoms with Gasteiger partial charge in [0.05, 0.1) is 13.2 Å². The Labute approximate surface area is 114 Å². The highest BCUT2D eigenvalue weighted by Gasteiger charge is 2.11. The maximum atomic E-state index is 11.5. The number of ether oxygens (including phenoxy) is 2. The van der Waals surface area contributed by atoms with Crippen molar-refractivity contribution < 1.29 is 14.3 Å². The molecule has 0 spiro atoms. The van der Waals surface area contributed by atoms with Gasteiger partial charge in [0, 0.05) is 7.11 Å². The van der Waals surface area contributed by atoms with Crippen LogP contribution in [0.25, 0.3) is 0 Å². The Morgan fingerprint density at radius 1 is 1.32 bits per heavy atom. The second kappa shape index (κ2) is 7.76. The van der Waals surface area contributed by atoms with Crippen molar-refractivity contribution in [1.29, 1.82) is 0 Å². The molecule has 0 heterocycles. The molecule has 106 valence electrons. The van der Waals surface area contributed by atoms with Crippen molar-refractivity contribution in [2.45, 2.75) is 19.9 Å². The van der Waals surface area contributed by atoms with Gasteiger partial charge < -0.3 is 20.5 Å². The number of benzene rings is 1. The summed E-state index contributed by atoms with van der Waals surface area (Å²) in [5.41, 5.74) is 7.89. The van der Waals surface area contributed by atoms with Crippen LogP contribution >= 0.6 is 0 Å². The SMILES string of the molecule is COCC(N)C(=O)NCCOc1cc(C)cc(C)c1. The summed E-state index contributed by atoms with van der Waals surface area (Å²) < 4.78 is 10.4. The molecule has 19 heavy (non-hydrogen) atoms. The minimum atomic E-state index is -0.633. The lowest BCUT2D eigenvalue weighted by Gasteiger charge is -2.12. The van der Waals surface area contributed by atoms with Gasteiger partial charge in [-0.2, -0.15) is 0 Å². The zero-order chi connectivity index (χ0) is 14.3. The van der Waals surface area contributed by atoms with E-state index >= 15 is 0 Å². The summed E-state index contributed by atoms with van der Waals surface area (Å²) in [7, 11) is 1.51. The minimum absolute atomic E-state index is 0.212. The number of hydrogen-bond acceptors (Lipinski definition) is 4. The van der Waals surface area contributed by atoms with Gasteiger partial charge in [-0.3, -0.25) is 4.79 Å². The summed E-state index contributed by atoms with van der Waals surface area (Å²) in [4.78, 5) is 11.5. The van der Waals surface area contributed by atoms with E-state index in [2.05, 4.69) is 11.4 Å². The van der Waals surface area contributed by atoms with Gasteiger partial charge in [-0.1, -0.05) is 6.07 Å². The summed E-state index contributed by atoms with van der Waals surface area (Å²) in [5, 5.41) is 2.70. The number of carbonyl (C=O) groups is 1. The molecule has 0 bridgehead atoms. The molecule has 1 aromatic carbocycles. The zero-order valence-corrected chi connectivity index (χ0v) is 11.7. The van der Waals surface area contributed by atoms with Crippen molar-refractivity contribution in [3.05, 3.63) is 29.3 Å². The standard InChI is InChI=1S/C14H22N2O3/c1-10-6-11(2)8-12(7-10)19-5-4-16-14(17)13(15)9-18-3/h6-8,13H,4-5,9,15H2,1-3H3,(H,16,17).